The van der Waals surface area contributed by atoms with E-state index in [-0.39, 0.29) is 11.6 Å². The van der Waals surface area contributed by atoms with Crippen molar-refractivity contribution >= 4 is 19.6 Å². The summed E-state index contributed by atoms with van der Waals surface area (Å²) >= 11 is 0. The van der Waals surface area contributed by atoms with Crippen LogP contribution in [0.2, 0.25) is 0 Å². The van der Waals surface area contributed by atoms with Crippen LogP contribution in [0.4, 0.5) is 20.2 Å². The van der Waals surface area contributed by atoms with Crippen molar-refractivity contribution in [3.05, 3.63) is 131 Å². The van der Waals surface area contributed by atoms with Crippen molar-refractivity contribution in [2.24, 2.45) is 0 Å². The summed E-state index contributed by atoms with van der Waals surface area (Å²) in [5.41, 5.74) is 5.55. The molecule has 0 N–H and O–H groups in total. The van der Waals surface area contributed by atoms with Crippen molar-refractivity contribution in [2.45, 2.75) is 25.3 Å². The summed E-state index contributed by atoms with van der Waals surface area (Å²) in [6, 6.07) is 28.2. The maximum Gasteiger partial charge on any atom is 0.702 e. The first-order valence-electron chi connectivity index (χ1n) is 12.6. The standard InChI is InChI=1S/C30H26F2N2O3P/c31-23-9-13-25(14-10-23)33-19-17-21-5-1-3-7-27(21)29(33)36-38(35)37-30-28-8-4-2-6-22(28)18-20-34(30)26-15-11-24(32)12-16-26/h1-16,29-30H,17-20H2/q+1/t29-,30-/m0/s1. The van der Waals surface area contributed by atoms with Crippen LogP contribution in [0.1, 0.15) is 34.7 Å². The molecule has 6 rings (SSSR count). The average Bonchev–Trinajstić information content (AvgIpc) is 2.94. The fourth-order valence-corrected chi connectivity index (χ4v) is 6.10. The SMILES string of the molecule is O=[P+](O[C@H]1c2ccccc2CCN1c1ccc(F)cc1)O[C@H]1c2ccccc2CCN1c1ccc(F)cc1. The van der Waals surface area contributed by atoms with E-state index in [1.807, 2.05) is 58.3 Å². The van der Waals surface area contributed by atoms with Gasteiger partial charge in [0.1, 0.15) is 11.6 Å². The molecule has 0 saturated carbocycles. The molecule has 192 valence electrons. The molecule has 4 aromatic rings. The van der Waals surface area contributed by atoms with E-state index in [1.54, 1.807) is 24.3 Å². The first-order chi connectivity index (χ1) is 18.6. The molecule has 0 spiro atoms. The van der Waals surface area contributed by atoms with Crippen LogP contribution in [0.25, 0.3) is 0 Å². The highest BCUT2D eigenvalue weighted by Crippen LogP contribution is 2.46. The minimum absolute atomic E-state index is 0.324. The van der Waals surface area contributed by atoms with Gasteiger partial charge in [0.2, 0.25) is 12.5 Å². The van der Waals surface area contributed by atoms with E-state index >= 15 is 0 Å². The maximum atomic E-state index is 13.6. The molecule has 38 heavy (non-hydrogen) atoms. The van der Waals surface area contributed by atoms with E-state index in [0.29, 0.717) is 13.1 Å². The van der Waals surface area contributed by atoms with Gasteiger partial charge in [0.15, 0.2) is 0 Å². The Morgan fingerprint density at radius 3 is 1.42 bits per heavy atom. The zero-order valence-electron chi connectivity index (χ0n) is 20.5. The summed E-state index contributed by atoms with van der Waals surface area (Å²) in [7, 11) is -2.60. The molecule has 0 amide bonds. The highest BCUT2D eigenvalue weighted by Gasteiger charge is 2.42. The Labute approximate surface area is 221 Å². The number of halogens is 2. The van der Waals surface area contributed by atoms with Crippen molar-refractivity contribution in [2.75, 3.05) is 22.9 Å². The molecule has 2 aliphatic rings. The van der Waals surface area contributed by atoms with Gasteiger partial charge in [-0.1, -0.05) is 57.6 Å². The quantitative estimate of drug-likeness (QED) is 0.241. The Morgan fingerprint density at radius 1 is 0.605 bits per heavy atom. The van der Waals surface area contributed by atoms with Crippen LogP contribution < -0.4 is 9.80 Å². The highest BCUT2D eigenvalue weighted by molar-refractivity contribution is 7.33. The van der Waals surface area contributed by atoms with E-state index in [4.69, 9.17) is 9.05 Å². The molecule has 0 aromatic heterocycles. The molecule has 0 radical (unpaired) electrons. The molecular weight excluding hydrogens is 505 g/mol. The monoisotopic (exact) mass is 531 g/mol. The minimum Gasteiger partial charge on any atom is -0.338 e. The summed E-state index contributed by atoms with van der Waals surface area (Å²) < 4.78 is 53.2. The second kappa shape index (κ2) is 10.6. The molecule has 5 nitrogen and oxygen atoms in total. The average molecular weight is 532 g/mol. The minimum atomic E-state index is -2.60. The number of anilines is 2. The summed E-state index contributed by atoms with van der Waals surface area (Å²) in [6.45, 7) is 1.23. The Balaban J connectivity index is 1.31. The summed E-state index contributed by atoms with van der Waals surface area (Å²) in [5.74, 6) is -0.648. The molecule has 0 unspecified atom stereocenters. The van der Waals surface area contributed by atoms with Crippen LogP contribution in [-0.4, -0.2) is 13.1 Å². The van der Waals surface area contributed by atoms with Crippen molar-refractivity contribution in [1.82, 2.24) is 0 Å². The van der Waals surface area contributed by atoms with Gasteiger partial charge in [0.05, 0.1) is 0 Å². The number of fused-ring (bicyclic) bond motifs is 2. The number of benzene rings is 4. The van der Waals surface area contributed by atoms with E-state index in [0.717, 1.165) is 46.5 Å². The largest absolute Gasteiger partial charge is 0.702 e. The van der Waals surface area contributed by atoms with Crippen LogP contribution in [0, 0.1) is 11.6 Å². The molecule has 2 heterocycles. The number of hydrogen-bond donors (Lipinski definition) is 0. The van der Waals surface area contributed by atoms with E-state index in [2.05, 4.69) is 0 Å². The molecule has 4 aromatic carbocycles. The molecule has 2 atom stereocenters. The lowest BCUT2D eigenvalue weighted by Gasteiger charge is -2.36. The Kier molecular flexibility index (Phi) is 6.90. The highest BCUT2D eigenvalue weighted by atomic mass is 31.1. The fraction of sp³-hybridized carbons (Fsp3) is 0.200. The normalized spacial score (nSPS) is 18.6. The number of hydrogen-bond acceptors (Lipinski definition) is 5. The first kappa shape index (κ1) is 24.7. The zero-order valence-corrected chi connectivity index (χ0v) is 21.4. The third kappa shape index (κ3) is 4.93. The predicted octanol–water partition coefficient (Wildman–Crippen LogP) is 7.48. The third-order valence-electron chi connectivity index (χ3n) is 7.14. The third-order valence-corrected chi connectivity index (χ3v) is 7.88. The maximum absolute atomic E-state index is 13.6. The van der Waals surface area contributed by atoms with Gasteiger partial charge < -0.3 is 9.80 Å². The van der Waals surface area contributed by atoms with Crippen molar-refractivity contribution < 1.29 is 22.4 Å². The summed E-state index contributed by atoms with van der Waals surface area (Å²) in [5, 5.41) is 0. The van der Waals surface area contributed by atoms with Gasteiger partial charge in [-0.2, -0.15) is 0 Å². The molecule has 8 heteroatoms. The first-order valence-corrected chi connectivity index (χ1v) is 13.7. The van der Waals surface area contributed by atoms with Crippen LogP contribution in [0.15, 0.2) is 97.1 Å². The van der Waals surface area contributed by atoms with Crippen LogP contribution >= 0.6 is 8.25 Å². The van der Waals surface area contributed by atoms with Gasteiger partial charge in [-0.15, -0.1) is 0 Å². The lowest BCUT2D eigenvalue weighted by atomic mass is 9.98. The van der Waals surface area contributed by atoms with Crippen molar-refractivity contribution in [1.29, 1.82) is 0 Å². The van der Waals surface area contributed by atoms with E-state index in [1.165, 1.54) is 24.3 Å². The van der Waals surface area contributed by atoms with Gasteiger partial charge >= 0.3 is 8.25 Å². The Morgan fingerprint density at radius 2 is 1.00 bits per heavy atom. The summed E-state index contributed by atoms with van der Waals surface area (Å²) in [4.78, 5) is 3.95. The Bertz CT molecular complexity index is 1340. The van der Waals surface area contributed by atoms with Crippen LogP contribution in [0.3, 0.4) is 0 Å². The van der Waals surface area contributed by atoms with Crippen molar-refractivity contribution in [3.63, 3.8) is 0 Å². The Hall–Kier alpha value is -3.64. The van der Waals surface area contributed by atoms with Crippen LogP contribution in [-0.2, 0) is 26.5 Å². The zero-order chi connectivity index (χ0) is 26.1. The lowest BCUT2D eigenvalue weighted by Crippen LogP contribution is -2.37. The lowest BCUT2D eigenvalue weighted by molar-refractivity contribution is 0.119. The number of rotatable bonds is 6. The summed E-state index contributed by atoms with van der Waals surface area (Å²) in [6.07, 6.45) is 0.206. The van der Waals surface area contributed by atoms with Gasteiger partial charge in [-0.25, -0.2) is 8.78 Å². The number of nitrogens with zero attached hydrogens (tertiary/aromatic N) is 2. The van der Waals surface area contributed by atoms with E-state index in [9.17, 15) is 13.3 Å². The van der Waals surface area contributed by atoms with Crippen LogP contribution in [0.5, 0.6) is 0 Å². The fourth-order valence-electron chi connectivity index (χ4n) is 5.27. The second-order valence-corrected chi connectivity index (χ2v) is 10.2. The van der Waals surface area contributed by atoms with Gasteiger partial charge in [-0.3, -0.25) is 0 Å². The molecule has 2 aliphatic heterocycles. The van der Waals surface area contributed by atoms with E-state index < -0.39 is 20.7 Å². The van der Waals surface area contributed by atoms with Gasteiger partial charge in [0, 0.05) is 40.2 Å². The smallest absolute Gasteiger partial charge is 0.338 e. The molecular formula is C30H26F2N2O3P+. The molecule has 0 saturated heterocycles. The van der Waals surface area contributed by atoms with Crippen molar-refractivity contribution in [3.8, 4) is 0 Å². The second-order valence-electron chi connectivity index (χ2n) is 9.38. The molecule has 0 fully saturated rings. The molecule has 0 aliphatic carbocycles. The molecule has 0 bridgehead atoms. The predicted molar refractivity (Wildman–Crippen MR) is 143 cm³/mol. The van der Waals surface area contributed by atoms with Gasteiger partial charge in [0.25, 0.3) is 0 Å². The topological polar surface area (TPSA) is 42.0 Å². The van der Waals surface area contributed by atoms with Gasteiger partial charge in [-0.05, 0) is 72.5 Å².